The van der Waals surface area contributed by atoms with Gasteiger partial charge in [-0.2, -0.15) is 0 Å². The molecule has 2 unspecified atom stereocenters. The third-order valence-corrected chi connectivity index (χ3v) is 6.09. The zero-order chi connectivity index (χ0) is 26.5. The molecule has 1 aliphatic rings. The number of carbonyl (C=O) groups is 1. The van der Waals surface area contributed by atoms with Crippen molar-refractivity contribution in [2.75, 3.05) is 27.7 Å². The highest BCUT2D eigenvalue weighted by Gasteiger charge is 2.33. The Balaban J connectivity index is 1.34. The second kappa shape index (κ2) is 11.4. The molecule has 4 aromatic rings. The van der Waals surface area contributed by atoms with Gasteiger partial charge in [0.25, 0.3) is 0 Å². The molecule has 1 aromatic heterocycles. The van der Waals surface area contributed by atoms with Crippen molar-refractivity contribution in [1.29, 1.82) is 0 Å². The molecular formula is C30H30N2O6. The number of ether oxygens (including phenoxy) is 5. The fourth-order valence-electron chi connectivity index (χ4n) is 4.25. The second-order valence-corrected chi connectivity index (χ2v) is 9.28. The van der Waals surface area contributed by atoms with Crippen molar-refractivity contribution < 1.29 is 28.5 Å². The molecule has 0 saturated carbocycles. The van der Waals surface area contributed by atoms with E-state index in [2.05, 4.69) is 4.98 Å². The van der Waals surface area contributed by atoms with E-state index in [1.807, 2.05) is 74.8 Å². The van der Waals surface area contributed by atoms with Crippen molar-refractivity contribution in [3.8, 4) is 23.0 Å². The summed E-state index contributed by atoms with van der Waals surface area (Å²) < 4.78 is 29.4. The Morgan fingerprint density at radius 1 is 0.974 bits per heavy atom. The number of esters is 1. The molecule has 0 radical (unpaired) electrons. The average Bonchev–Trinajstić information content (AvgIpc) is 2.91. The molecule has 0 saturated heterocycles. The molecule has 1 aliphatic heterocycles. The summed E-state index contributed by atoms with van der Waals surface area (Å²) in [5, 5.41) is 1.08. The molecule has 5 rings (SSSR count). The number of hydrogen-bond acceptors (Lipinski definition) is 8. The number of benzene rings is 3. The van der Waals surface area contributed by atoms with Gasteiger partial charge in [-0.25, -0.2) is 4.98 Å². The Kier molecular flexibility index (Phi) is 7.60. The number of pyridine rings is 1. The van der Waals surface area contributed by atoms with Gasteiger partial charge in [-0.05, 0) is 62.6 Å². The molecule has 0 fully saturated rings. The number of aromatic nitrogens is 1. The molecule has 8 nitrogen and oxygen atoms in total. The van der Waals surface area contributed by atoms with Crippen molar-refractivity contribution in [2.45, 2.75) is 25.4 Å². The molecular weight excluding hydrogens is 484 g/mol. The predicted octanol–water partition coefficient (Wildman–Crippen LogP) is 5.16. The molecule has 0 amide bonds. The van der Waals surface area contributed by atoms with Gasteiger partial charge in [0, 0.05) is 17.0 Å². The maximum absolute atomic E-state index is 12.5. The van der Waals surface area contributed by atoms with Gasteiger partial charge in [0.2, 0.25) is 6.29 Å². The Morgan fingerprint density at radius 3 is 2.53 bits per heavy atom. The van der Waals surface area contributed by atoms with Gasteiger partial charge in [0.1, 0.15) is 35.7 Å². The van der Waals surface area contributed by atoms with Crippen LogP contribution in [-0.4, -0.2) is 49.9 Å². The maximum atomic E-state index is 12.5. The van der Waals surface area contributed by atoms with Gasteiger partial charge >= 0.3 is 5.97 Å². The first kappa shape index (κ1) is 25.4. The van der Waals surface area contributed by atoms with E-state index < -0.39 is 12.4 Å². The monoisotopic (exact) mass is 514 g/mol. The van der Waals surface area contributed by atoms with E-state index in [1.54, 1.807) is 30.2 Å². The summed E-state index contributed by atoms with van der Waals surface area (Å²) in [6.07, 6.45) is -0.838. The van der Waals surface area contributed by atoms with E-state index in [9.17, 15) is 4.79 Å². The van der Waals surface area contributed by atoms with Crippen LogP contribution in [-0.2, 0) is 16.1 Å². The van der Waals surface area contributed by atoms with Gasteiger partial charge in [-0.1, -0.05) is 24.3 Å². The van der Waals surface area contributed by atoms with Gasteiger partial charge < -0.3 is 23.7 Å². The highest BCUT2D eigenvalue weighted by molar-refractivity contribution is 5.78. The van der Waals surface area contributed by atoms with Crippen LogP contribution in [0.2, 0.25) is 0 Å². The SMILES string of the molecule is COc1ccc(OC2CC(OC(=O)CN(C)C)c3ccc(OCc4ccc5ccccc5n4)cc3O2)cc1. The Hall–Kier alpha value is -4.30. The standard InChI is InChI=1S/C30H30N2O6/c1-32(2)18-29(33)37-28-17-30(36-23-12-10-22(34-3)11-13-23)38-27-16-24(14-15-25(27)28)35-19-21-9-8-20-6-4-5-7-26(20)31-21/h4-16,28,30H,17-19H2,1-3H3. The van der Waals surface area contributed by atoms with Gasteiger partial charge in [0.05, 0.1) is 31.3 Å². The first-order valence-corrected chi connectivity index (χ1v) is 12.4. The van der Waals surface area contributed by atoms with Crippen LogP contribution in [0.3, 0.4) is 0 Å². The summed E-state index contributed by atoms with van der Waals surface area (Å²) in [5.41, 5.74) is 2.50. The maximum Gasteiger partial charge on any atom is 0.320 e. The van der Waals surface area contributed by atoms with Crippen LogP contribution in [0.15, 0.2) is 78.9 Å². The number of rotatable bonds is 9. The number of methoxy groups -OCH3 is 1. The van der Waals surface area contributed by atoms with E-state index in [4.69, 9.17) is 23.7 Å². The van der Waals surface area contributed by atoms with E-state index >= 15 is 0 Å². The smallest absolute Gasteiger partial charge is 0.320 e. The number of hydrogen-bond donors (Lipinski definition) is 0. The molecule has 2 atom stereocenters. The summed E-state index contributed by atoms with van der Waals surface area (Å²) >= 11 is 0. The molecule has 0 aliphatic carbocycles. The number of fused-ring (bicyclic) bond motifs is 2. The lowest BCUT2D eigenvalue weighted by molar-refractivity contribution is -0.155. The normalized spacial score (nSPS) is 16.4. The zero-order valence-electron chi connectivity index (χ0n) is 21.6. The molecule has 8 heteroatoms. The third-order valence-electron chi connectivity index (χ3n) is 6.09. The minimum absolute atomic E-state index is 0.177. The van der Waals surface area contributed by atoms with Crippen molar-refractivity contribution in [3.63, 3.8) is 0 Å². The van der Waals surface area contributed by atoms with E-state index in [1.165, 1.54) is 0 Å². The van der Waals surface area contributed by atoms with Crippen LogP contribution in [0.25, 0.3) is 10.9 Å². The Labute approximate surface area is 221 Å². The Bertz CT molecular complexity index is 1410. The fraction of sp³-hybridized carbons (Fsp3) is 0.267. The minimum atomic E-state index is -0.662. The largest absolute Gasteiger partial charge is 0.497 e. The number of nitrogens with zero attached hydrogens (tertiary/aromatic N) is 2. The molecule has 0 spiro atoms. The van der Waals surface area contributed by atoms with Gasteiger partial charge in [-0.15, -0.1) is 0 Å². The number of para-hydroxylation sites is 1. The summed E-state index contributed by atoms with van der Waals surface area (Å²) in [6.45, 7) is 0.479. The average molecular weight is 515 g/mol. The fourth-order valence-corrected chi connectivity index (χ4v) is 4.25. The Morgan fingerprint density at radius 2 is 1.74 bits per heavy atom. The second-order valence-electron chi connectivity index (χ2n) is 9.28. The number of carbonyl (C=O) groups excluding carboxylic acids is 1. The lowest BCUT2D eigenvalue weighted by atomic mass is 10.0. The molecule has 2 heterocycles. The molecule has 196 valence electrons. The lowest BCUT2D eigenvalue weighted by Crippen LogP contribution is -2.34. The molecule has 38 heavy (non-hydrogen) atoms. The van der Waals surface area contributed by atoms with Gasteiger partial charge in [0.15, 0.2) is 0 Å². The predicted molar refractivity (Wildman–Crippen MR) is 143 cm³/mol. The van der Waals surface area contributed by atoms with Crippen molar-refractivity contribution in [2.24, 2.45) is 0 Å². The van der Waals surface area contributed by atoms with E-state index in [-0.39, 0.29) is 12.5 Å². The first-order chi connectivity index (χ1) is 18.5. The molecule has 3 aromatic carbocycles. The first-order valence-electron chi connectivity index (χ1n) is 12.4. The highest BCUT2D eigenvalue weighted by Crippen LogP contribution is 2.40. The van der Waals surface area contributed by atoms with E-state index in [0.29, 0.717) is 30.3 Å². The molecule has 0 bridgehead atoms. The van der Waals surface area contributed by atoms with Crippen molar-refractivity contribution in [3.05, 3.63) is 90.1 Å². The molecule has 0 N–H and O–H groups in total. The van der Waals surface area contributed by atoms with Crippen LogP contribution < -0.4 is 18.9 Å². The highest BCUT2D eigenvalue weighted by atomic mass is 16.7. The van der Waals surface area contributed by atoms with Crippen LogP contribution in [0.1, 0.15) is 23.8 Å². The van der Waals surface area contributed by atoms with Gasteiger partial charge in [-0.3, -0.25) is 9.69 Å². The summed E-state index contributed by atoms with van der Waals surface area (Å²) in [4.78, 5) is 18.9. The topological polar surface area (TPSA) is 79.4 Å². The van der Waals surface area contributed by atoms with Crippen LogP contribution in [0.5, 0.6) is 23.0 Å². The zero-order valence-corrected chi connectivity index (χ0v) is 21.6. The summed E-state index contributed by atoms with van der Waals surface area (Å²) in [5.74, 6) is 2.18. The van der Waals surface area contributed by atoms with Crippen LogP contribution in [0, 0.1) is 0 Å². The van der Waals surface area contributed by atoms with Crippen LogP contribution in [0.4, 0.5) is 0 Å². The third kappa shape index (κ3) is 6.15. The minimum Gasteiger partial charge on any atom is -0.497 e. The van der Waals surface area contributed by atoms with E-state index in [0.717, 1.165) is 27.9 Å². The quantitative estimate of drug-likeness (QED) is 0.284. The summed E-state index contributed by atoms with van der Waals surface area (Å²) in [7, 11) is 5.25. The van der Waals surface area contributed by atoms with Crippen molar-refractivity contribution >= 4 is 16.9 Å². The number of likely N-dealkylation sites (N-methyl/N-ethyl adjacent to an activating group) is 1. The lowest BCUT2D eigenvalue weighted by Gasteiger charge is -2.32. The van der Waals surface area contributed by atoms with Crippen LogP contribution >= 0.6 is 0 Å². The summed E-state index contributed by atoms with van der Waals surface area (Å²) in [6, 6.07) is 24.7. The van der Waals surface area contributed by atoms with Crippen molar-refractivity contribution in [1.82, 2.24) is 9.88 Å².